The van der Waals surface area contributed by atoms with Gasteiger partial charge in [0, 0.05) is 6.20 Å². The van der Waals surface area contributed by atoms with Crippen LogP contribution >= 0.6 is 0 Å². The predicted molar refractivity (Wildman–Crippen MR) is 131 cm³/mol. The molecule has 4 aliphatic carbocycles. The molecular weight excluding hydrogens is 392 g/mol. The standard InChI is InChI=1S/C29H48N2O/c1-18(2)21-15-30-31(16-21)17-26(32)25-13-20(4)27-23-9-11-28(5)14-19(3)7-8-24(28)22(23)10-12-29(25,27)6/h15-16,18-20,22-27,32H,7-14,17H2,1-6H3. The van der Waals surface area contributed by atoms with Crippen LogP contribution in [0.5, 0.6) is 0 Å². The van der Waals surface area contributed by atoms with Crippen LogP contribution < -0.4 is 0 Å². The Labute approximate surface area is 196 Å². The van der Waals surface area contributed by atoms with Gasteiger partial charge in [-0.1, -0.05) is 48.0 Å². The third-order valence-electron chi connectivity index (χ3n) is 11.3. The zero-order valence-corrected chi connectivity index (χ0v) is 21.6. The van der Waals surface area contributed by atoms with E-state index in [1.807, 2.05) is 10.9 Å². The molecule has 1 N–H and O–H groups in total. The molecule has 4 fully saturated rings. The molecule has 0 saturated heterocycles. The second kappa shape index (κ2) is 8.14. The number of hydrogen-bond acceptors (Lipinski definition) is 2. The van der Waals surface area contributed by atoms with E-state index in [1.165, 1.54) is 56.9 Å². The lowest BCUT2D eigenvalue weighted by molar-refractivity contribution is -0.118. The maximum absolute atomic E-state index is 11.5. The maximum atomic E-state index is 11.5. The molecular formula is C29H48N2O. The number of hydrogen-bond donors (Lipinski definition) is 1. The minimum atomic E-state index is -0.284. The molecule has 1 aromatic heterocycles. The van der Waals surface area contributed by atoms with Gasteiger partial charge in [0.05, 0.1) is 18.8 Å². The molecule has 1 heterocycles. The number of fused-ring (bicyclic) bond motifs is 5. The molecule has 180 valence electrons. The van der Waals surface area contributed by atoms with Crippen LogP contribution in [0.3, 0.4) is 0 Å². The fourth-order valence-electron chi connectivity index (χ4n) is 9.90. The van der Waals surface area contributed by atoms with Gasteiger partial charge in [-0.15, -0.1) is 0 Å². The Morgan fingerprint density at radius 2 is 1.84 bits per heavy atom. The zero-order chi connectivity index (χ0) is 22.8. The van der Waals surface area contributed by atoms with Gasteiger partial charge in [0.1, 0.15) is 0 Å². The summed E-state index contributed by atoms with van der Waals surface area (Å²) in [5, 5.41) is 16.0. The Balaban J connectivity index is 1.34. The molecule has 4 aliphatic rings. The topological polar surface area (TPSA) is 38.0 Å². The van der Waals surface area contributed by atoms with Crippen LogP contribution in [0.15, 0.2) is 12.4 Å². The first-order valence-corrected chi connectivity index (χ1v) is 13.8. The fourth-order valence-corrected chi connectivity index (χ4v) is 9.90. The second-order valence-electron chi connectivity index (χ2n) is 13.6. The van der Waals surface area contributed by atoms with Crippen LogP contribution in [0.4, 0.5) is 0 Å². The van der Waals surface area contributed by atoms with Gasteiger partial charge in [-0.25, -0.2) is 0 Å². The molecule has 10 atom stereocenters. The van der Waals surface area contributed by atoms with Crippen molar-refractivity contribution in [1.82, 2.24) is 9.78 Å². The van der Waals surface area contributed by atoms with Crippen molar-refractivity contribution in [2.24, 2.45) is 52.3 Å². The van der Waals surface area contributed by atoms with Gasteiger partial charge in [-0.3, -0.25) is 4.68 Å². The molecule has 1 aromatic rings. The van der Waals surface area contributed by atoms with Crippen molar-refractivity contribution in [3.63, 3.8) is 0 Å². The van der Waals surface area contributed by atoms with E-state index in [9.17, 15) is 5.11 Å². The van der Waals surface area contributed by atoms with Crippen molar-refractivity contribution in [1.29, 1.82) is 0 Å². The summed E-state index contributed by atoms with van der Waals surface area (Å²) in [5.74, 6) is 6.15. The highest BCUT2D eigenvalue weighted by atomic mass is 16.3. The van der Waals surface area contributed by atoms with Crippen molar-refractivity contribution < 1.29 is 5.11 Å². The molecule has 0 aliphatic heterocycles. The fraction of sp³-hybridized carbons (Fsp3) is 0.897. The van der Waals surface area contributed by atoms with Crippen LogP contribution in [0.25, 0.3) is 0 Å². The highest BCUT2D eigenvalue weighted by Gasteiger charge is 2.61. The first-order chi connectivity index (χ1) is 15.1. The highest BCUT2D eigenvalue weighted by molar-refractivity contribution is 5.12. The number of aliphatic hydroxyl groups is 1. The van der Waals surface area contributed by atoms with Crippen LogP contribution in [0.2, 0.25) is 0 Å². The summed E-state index contributed by atoms with van der Waals surface area (Å²) in [6.07, 6.45) is 15.0. The Morgan fingerprint density at radius 1 is 1.09 bits per heavy atom. The Morgan fingerprint density at radius 3 is 2.56 bits per heavy atom. The minimum absolute atomic E-state index is 0.284. The average Bonchev–Trinajstić information content (AvgIpc) is 3.29. The van der Waals surface area contributed by atoms with Crippen molar-refractivity contribution in [2.45, 2.75) is 111 Å². The lowest BCUT2D eigenvalue weighted by Crippen LogP contribution is -2.53. The van der Waals surface area contributed by atoms with E-state index in [1.54, 1.807) is 0 Å². The van der Waals surface area contributed by atoms with Crippen LogP contribution in [0.1, 0.15) is 104 Å². The van der Waals surface area contributed by atoms with Gasteiger partial charge in [0.2, 0.25) is 0 Å². The van der Waals surface area contributed by atoms with E-state index in [0.29, 0.717) is 29.2 Å². The summed E-state index contributed by atoms with van der Waals surface area (Å²) in [5.41, 5.74) is 2.17. The predicted octanol–water partition coefficient (Wildman–Crippen LogP) is 6.91. The molecule has 4 saturated carbocycles. The lowest BCUT2D eigenvalue weighted by Gasteiger charge is -2.60. The summed E-state index contributed by atoms with van der Waals surface area (Å²) in [6, 6.07) is 0. The molecule has 0 bridgehead atoms. The Kier molecular flexibility index (Phi) is 5.83. The van der Waals surface area contributed by atoms with E-state index in [0.717, 1.165) is 35.5 Å². The Bertz CT molecular complexity index is 816. The third-order valence-corrected chi connectivity index (χ3v) is 11.3. The largest absolute Gasteiger partial charge is 0.391 e. The van der Waals surface area contributed by atoms with E-state index >= 15 is 0 Å². The van der Waals surface area contributed by atoms with Crippen LogP contribution in [-0.4, -0.2) is 21.0 Å². The third kappa shape index (κ3) is 3.60. The maximum Gasteiger partial charge on any atom is 0.0769 e. The molecule has 0 spiro atoms. The average molecular weight is 441 g/mol. The van der Waals surface area contributed by atoms with Gasteiger partial charge < -0.3 is 5.11 Å². The van der Waals surface area contributed by atoms with Gasteiger partial charge >= 0.3 is 0 Å². The molecule has 5 rings (SSSR count). The van der Waals surface area contributed by atoms with Gasteiger partial charge in [0.25, 0.3) is 0 Å². The SMILES string of the molecule is CC1CCC2C3CCC4(C)C(C(O)Cn5cc(C(C)C)cn5)CC(C)C4C3CCC2(C)C1. The number of rotatable bonds is 4. The quantitative estimate of drug-likeness (QED) is 0.552. The first-order valence-electron chi connectivity index (χ1n) is 13.8. The van der Waals surface area contributed by atoms with E-state index in [2.05, 4.69) is 52.8 Å². The molecule has 3 heteroatoms. The van der Waals surface area contributed by atoms with Crippen LogP contribution in [0, 0.1) is 52.3 Å². The number of nitrogens with zero attached hydrogens (tertiary/aromatic N) is 2. The van der Waals surface area contributed by atoms with E-state index < -0.39 is 0 Å². The first kappa shape index (κ1) is 22.9. The second-order valence-corrected chi connectivity index (χ2v) is 13.6. The minimum Gasteiger partial charge on any atom is -0.391 e. The molecule has 10 unspecified atom stereocenters. The molecule has 0 amide bonds. The zero-order valence-electron chi connectivity index (χ0n) is 21.6. The van der Waals surface area contributed by atoms with Crippen molar-refractivity contribution in [3.05, 3.63) is 18.0 Å². The molecule has 32 heavy (non-hydrogen) atoms. The Hall–Kier alpha value is -0.830. The molecule has 0 radical (unpaired) electrons. The van der Waals surface area contributed by atoms with Gasteiger partial charge in [-0.05, 0) is 109 Å². The lowest BCUT2D eigenvalue weighted by atomic mass is 9.45. The van der Waals surface area contributed by atoms with Crippen molar-refractivity contribution in [3.8, 4) is 0 Å². The van der Waals surface area contributed by atoms with E-state index in [4.69, 9.17) is 0 Å². The summed E-state index contributed by atoms with van der Waals surface area (Å²) < 4.78 is 2.00. The summed E-state index contributed by atoms with van der Waals surface area (Å²) in [7, 11) is 0. The molecule has 3 nitrogen and oxygen atoms in total. The summed E-state index contributed by atoms with van der Waals surface area (Å²) in [4.78, 5) is 0. The van der Waals surface area contributed by atoms with E-state index in [-0.39, 0.29) is 6.10 Å². The van der Waals surface area contributed by atoms with Gasteiger partial charge in [-0.2, -0.15) is 5.10 Å². The van der Waals surface area contributed by atoms with Crippen molar-refractivity contribution >= 4 is 0 Å². The number of aliphatic hydroxyl groups excluding tert-OH is 1. The van der Waals surface area contributed by atoms with Crippen LogP contribution in [-0.2, 0) is 6.54 Å². The van der Waals surface area contributed by atoms with Gasteiger partial charge in [0.15, 0.2) is 0 Å². The summed E-state index contributed by atoms with van der Waals surface area (Å²) in [6.45, 7) is 15.3. The van der Waals surface area contributed by atoms with Crippen molar-refractivity contribution in [2.75, 3.05) is 0 Å². The summed E-state index contributed by atoms with van der Waals surface area (Å²) >= 11 is 0. The smallest absolute Gasteiger partial charge is 0.0769 e. The molecule has 0 aromatic carbocycles. The monoisotopic (exact) mass is 440 g/mol. The number of aromatic nitrogens is 2. The highest BCUT2D eigenvalue weighted by Crippen LogP contribution is 2.68. The normalized spacial score (nSPS) is 47.1.